The van der Waals surface area contributed by atoms with Crippen LogP contribution in [0.5, 0.6) is 0 Å². The summed E-state index contributed by atoms with van der Waals surface area (Å²) in [5.41, 5.74) is 0. The van der Waals surface area contributed by atoms with Gasteiger partial charge in [-0.15, -0.1) is 0 Å². The van der Waals surface area contributed by atoms with Crippen LogP contribution in [0.4, 0.5) is 0 Å². The lowest BCUT2D eigenvalue weighted by molar-refractivity contribution is -0.231. The Morgan fingerprint density at radius 3 is 2.05 bits per heavy atom. The summed E-state index contributed by atoms with van der Waals surface area (Å²) in [6, 6.07) is 0. The minimum absolute atomic E-state index is 0.690. The van der Waals surface area contributed by atoms with E-state index in [1.807, 2.05) is 0 Å². The van der Waals surface area contributed by atoms with Gasteiger partial charge in [0.2, 0.25) is 0 Å². The Morgan fingerprint density at radius 2 is 1.30 bits per heavy atom. The van der Waals surface area contributed by atoms with Crippen molar-refractivity contribution in [3.05, 3.63) is 24.3 Å². The Labute approximate surface area is 219 Å². The average molecular weight is 505 g/mol. The van der Waals surface area contributed by atoms with Crippen molar-refractivity contribution in [1.29, 1.82) is 0 Å². The molecule has 0 aromatic heterocycles. The van der Waals surface area contributed by atoms with Gasteiger partial charge >= 0.3 is 5.97 Å². The highest BCUT2D eigenvalue weighted by Crippen LogP contribution is 2.77. The van der Waals surface area contributed by atoms with E-state index in [0.29, 0.717) is 12.2 Å². The molecule has 10 aliphatic carbocycles. The monoisotopic (exact) mass is 504 g/mol. The van der Waals surface area contributed by atoms with Crippen LogP contribution in [0.2, 0.25) is 0 Å². The molecule has 0 aromatic rings. The molecule has 5 heteroatoms. The van der Waals surface area contributed by atoms with Gasteiger partial charge in [-0.25, -0.2) is 4.79 Å². The van der Waals surface area contributed by atoms with E-state index in [1.54, 1.807) is 12.8 Å². The fraction of sp³-hybridized carbons (Fsp3) is 0.844. The quantitative estimate of drug-likeness (QED) is 0.166. The third-order valence-corrected chi connectivity index (χ3v) is 14.5. The number of ether oxygens (including phenoxy) is 2. The van der Waals surface area contributed by atoms with Crippen molar-refractivity contribution in [2.45, 2.75) is 69.9 Å². The molecule has 5 nitrogen and oxygen atoms in total. The molecule has 8 bridgehead atoms. The summed E-state index contributed by atoms with van der Waals surface area (Å²) in [7, 11) is 0. The third-order valence-electron chi connectivity index (χ3n) is 14.5. The van der Waals surface area contributed by atoms with Crippen LogP contribution in [0.1, 0.15) is 45.4 Å². The second-order valence-electron chi connectivity index (χ2n) is 15.1. The molecule has 8 saturated carbocycles. The van der Waals surface area contributed by atoms with Gasteiger partial charge in [0.05, 0.1) is 24.4 Å². The smallest absolute Gasteiger partial charge is 0.339 e. The molecule has 37 heavy (non-hydrogen) atoms. The zero-order valence-electron chi connectivity index (χ0n) is 21.7. The molecule has 12 aliphatic rings. The van der Waals surface area contributed by atoms with Crippen molar-refractivity contribution in [3.63, 3.8) is 0 Å². The van der Waals surface area contributed by atoms with Crippen LogP contribution in [0.3, 0.4) is 0 Å². The molecule has 20 unspecified atom stereocenters. The number of allylic oxidation sites excluding steroid dienone is 4. The summed E-state index contributed by atoms with van der Waals surface area (Å²) in [5, 5.41) is 7.29. The van der Waals surface area contributed by atoms with Crippen LogP contribution in [0.25, 0.3) is 0 Å². The number of carbonyl (C=O) groups excluding carboxylic acids is 1. The standard InChI is InChI=1S/C15H18O2.C15H18.C2H4O3/c1-4-5-3-9-15(16-9)12(5)6(1)11-8-2-7(10(4)11)13-14(8)17-13;1-2-10-11(3-1)13-7-12(10)14-8-4-5-9(6-8)15(13)14;1-2(3)5-4/h4-15H,1-3H2;1-2,4-5,8-15H,3,6-7H2;4H,1H3. The summed E-state index contributed by atoms with van der Waals surface area (Å²) >= 11 is 0. The molecule has 0 aromatic carbocycles. The van der Waals surface area contributed by atoms with E-state index in [-0.39, 0.29) is 0 Å². The van der Waals surface area contributed by atoms with E-state index in [1.165, 1.54) is 25.7 Å². The summed E-state index contributed by atoms with van der Waals surface area (Å²) in [4.78, 5) is 12.5. The summed E-state index contributed by atoms with van der Waals surface area (Å²) < 4.78 is 11.8. The highest BCUT2D eigenvalue weighted by Gasteiger charge is 2.78. The second-order valence-corrected chi connectivity index (χ2v) is 15.1. The molecule has 0 amide bonds. The molecule has 2 aliphatic heterocycles. The Balaban J connectivity index is 0.0000000894. The first-order valence-electron chi connectivity index (χ1n) is 15.6. The van der Waals surface area contributed by atoms with Crippen LogP contribution in [-0.4, -0.2) is 35.6 Å². The highest BCUT2D eigenvalue weighted by molar-refractivity contribution is 5.64. The molecular weight excluding hydrogens is 464 g/mol. The number of rotatable bonds is 0. The zero-order chi connectivity index (χ0) is 24.3. The van der Waals surface area contributed by atoms with Crippen LogP contribution in [0.15, 0.2) is 24.3 Å². The molecule has 2 saturated heterocycles. The van der Waals surface area contributed by atoms with Crippen LogP contribution < -0.4 is 0 Å². The summed E-state index contributed by atoms with van der Waals surface area (Å²) in [6.45, 7) is 1.11. The van der Waals surface area contributed by atoms with Crippen molar-refractivity contribution in [3.8, 4) is 0 Å². The Hall–Kier alpha value is -1.17. The number of hydrogen-bond acceptors (Lipinski definition) is 5. The van der Waals surface area contributed by atoms with Gasteiger partial charge in [-0.05, 0) is 133 Å². The minimum Gasteiger partial charge on any atom is -0.369 e. The molecule has 198 valence electrons. The predicted octanol–water partition coefficient (Wildman–Crippen LogP) is 4.98. The lowest BCUT2D eigenvalue weighted by atomic mass is 9.64. The third kappa shape index (κ3) is 2.61. The van der Waals surface area contributed by atoms with Crippen molar-refractivity contribution in [1.82, 2.24) is 0 Å². The van der Waals surface area contributed by atoms with Gasteiger partial charge in [0.25, 0.3) is 0 Å². The molecule has 20 atom stereocenters. The van der Waals surface area contributed by atoms with E-state index in [4.69, 9.17) is 14.7 Å². The van der Waals surface area contributed by atoms with Crippen molar-refractivity contribution < 1.29 is 24.4 Å². The molecule has 0 spiro atoms. The first-order valence-corrected chi connectivity index (χ1v) is 15.6. The van der Waals surface area contributed by atoms with Gasteiger partial charge in [-0.1, -0.05) is 24.3 Å². The fourth-order valence-electron chi connectivity index (χ4n) is 14.0. The molecule has 12 rings (SSSR count). The lowest BCUT2D eigenvalue weighted by Crippen LogP contribution is -2.40. The minimum atomic E-state index is -0.690. The van der Waals surface area contributed by atoms with Crippen molar-refractivity contribution in [2.24, 2.45) is 94.7 Å². The topological polar surface area (TPSA) is 71.6 Å². The van der Waals surface area contributed by atoms with Crippen LogP contribution in [-0.2, 0) is 19.2 Å². The predicted molar refractivity (Wildman–Crippen MR) is 134 cm³/mol. The Morgan fingerprint density at radius 1 is 0.676 bits per heavy atom. The maximum absolute atomic E-state index is 9.34. The highest BCUT2D eigenvalue weighted by atomic mass is 17.1. The number of fused-ring (bicyclic) bond motifs is 29. The summed E-state index contributed by atoms with van der Waals surface area (Å²) in [6.07, 6.45) is 22.1. The van der Waals surface area contributed by atoms with Gasteiger partial charge in [-0.2, -0.15) is 5.26 Å². The maximum atomic E-state index is 9.34. The largest absolute Gasteiger partial charge is 0.369 e. The van der Waals surface area contributed by atoms with Crippen molar-refractivity contribution in [2.75, 3.05) is 0 Å². The normalized spacial score (nSPS) is 66.2. The van der Waals surface area contributed by atoms with Crippen LogP contribution >= 0.6 is 0 Å². The zero-order valence-corrected chi connectivity index (χ0v) is 21.7. The number of hydrogen-bond donors (Lipinski definition) is 1. The van der Waals surface area contributed by atoms with E-state index in [9.17, 15) is 4.79 Å². The molecule has 0 radical (unpaired) electrons. The maximum Gasteiger partial charge on any atom is 0.339 e. The Kier molecular flexibility index (Phi) is 4.16. The van der Waals surface area contributed by atoms with Gasteiger partial charge in [0, 0.05) is 6.92 Å². The number of carbonyl (C=O) groups is 1. The number of epoxide rings is 2. The lowest BCUT2D eigenvalue weighted by Gasteiger charge is -2.40. The van der Waals surface area contributed by atoms with Gasteiger partial charge < -0.3 is 14.4 Å². The first-order chi connectivity index (χ1) is 18.1. The van der Waals surface area contributed by atoms with E-state index in [0.717, 1.165) is 114 Å². The van der Waals surface area contributed by atoms with Gasteiger partial charge in [0.15, 0.2) is 0 Å². The van der Waals surface area contributed by atoms with E-state index in [2.05, 4.69) is 29.2 Å². The van der Waals surface area contributed by atoms with Crippen LogP contribution in [0, 0.1) is 94.7 Å². The average Bonchev–Trinajstić information content (AvgIpc) is 3.54. The fourth-order valence-corrected chi connectivity index (χ4v) is 14.0. The van der Waals surface area contributed by atoms with Gasteiger partial charge in [-0.3, -0.25) is 0 Å². The van der Waals surface area contributed by atoms with Crippen molar-refractivity contribution >= 4 is 5.97 Å². The molecule has 2 heterocycles. The SMILES string of the molecule is C1=CC2C(C1)C1CC2C2C3C=CC(C3)C12.C1C2OC2C2C1C1CC2C2C3CC(C4OC34)C12.CC(=O)OO. The molecule has 10 fully saturated rings. The first kappa shape index (κ1) is 21.6. The van der Waals surface area contributed by atoms with Gasteiger partial charge in [0.1, 0.15) is 0 Å². The summed E-state index contributed by atoms with van der Waals surface area (Å²) in [5.74, 6) is 16.1. The van der Waals surface area contributed by atoms with E-state index >= 15 is 0 Å². The van der Waals surface area contributed by atoms with E-state index < -0.39 is 5.97 Å². The molecular formula is C32H40O5. The Bertz CT molecular complexity index is 1100. The molecule has 1 N–H and O–H groups in total. The second kappa shape index (κ2) is 7.12.